The summed E-state index contributed by atoms with van der Waals surface area (Å²) in [6.45, 7) is 0. The highest BCUT2D eigenvalue weighted by Crippen LogP contribution is 2.32. The van der Waals surface area contributed by atoms with E-state index in [0.29, 0.717) is 6.42 Å². The lowest BCUT2D eigenvalue weighted by molar-refractivity contribution is 0.625. The SMILES string of the molecule is CNc1nc(Cc2cccc(F)c2)nc2c1CSC2. The molecule has 1 aliphatic heterocycles. The number of hydrogen-bond donors (Lipinski definition) is 1. The summed E-state index contributed by atoms with van der Waals surface area (Å²) in [6.07, 6.45) is 0.560. The maximum Gasteiger partial charge on any atom is 0.135 e. The summed E-state index contributed by atoms with van der Waals surface area (Å²) in [5, 5.41) is 3.13. The van der Waals surface area contributed by atoms with Crippen LogP contribution in [0.3, 0.4) is 0 Å². The van der Waals surface area contributed by atoms with Gasteiger partial charge in [-0.3, -0.25) is 0 Å². The van der Waals surface area contributed by atoms with Crippen molar-refractivity contribution in [1.29, 1.82) is 0 Å². The van der Waals surface area contributed by atoms with Crippen LogP contribution >= 0.6 is 11.8 Å². The normalized spacial score (nSPS) is 13.4. The minimum atomic E-state index is -0.219. The van der Waals surface area contributed by atoms with Crippen molar-refractivity contribution in [2.24, 2.45) is 0 Å². The zero-order valence-corrected chi connectivity index (χ0v) is 11.4. The molecule has 0 aliphatic carbocycles. The van der Waals surface area contributed by atoms with Crippen LogP contribution in [0, 0.1) is 5.82 Å². The van der Waals surface area contributed by atoms with Gasteiger partial charge in [-0.25, -0.2) is 14.4 Å². The molecule has 1 N–H and O–H groups in total. The highest BCUT2D eigenvalue weighted by molar-refractivity contribution is 7.98. The minimum Gasteiger partial charge on any atom is -0.373 e. The van der Waals surface area contributed by atoms with Gasteiger partial charge in [0, 0.05) is 30.5 Å². The molecule has 1 aromatic heterocycles. The largest absolute Gasteiger partial charge is 0.373 e. The molecule has 2 heterocycles. The predicted molar refractivity (Wildman–Crippen MR) is 75.8 cm³/mol. The Balaban J connectivity index is 1.93. The van der Waals surface area contributed by atoms with E-state index < -0.39 is 0 Å². The Morgan fingerprint density at radius 2 is 2.21 bits per heavy atom. The molecule has 0 amide bonds. The van der Waals surface area contributed by atoms with E-state index in [4.69, 9.17) is 0 Å². The van der Waals surface area contributed by atoms with Crippen LogP contribution in [0.2, 0.25) is 0 Å². The molecule has 5 heteroatoms. The molecule has 98 valence electrons. The van der Waals surface area contributed by atoms with Crippen molar-refractivity contribution in [1.82, 2.24) is 9.97 Å². The topological polar surface area (TPSA) is 37.8 Å². The van der Waals surface area contributed by atoms with Gasteiger partial charge < -0.3 is 5.32 Å². The number of rotatable bonds is 3. The Morgan fingerprint density at radius 1 is 1.32 bits per heavy atom. The summed E-state index contributed by atoms with van der Waals surface area (Å²) in [6, 6.07) is 6.59. The van der Waals surface area contributed by atoms with E-state index in [9.17, 15) is 4.39 Å². The number of aromatic nitrogens is 2. The molecule has 2 aromatic rings. The molecule has 0 unspecified atom stereocenters. The monoisotopic (exact) mass is 275 g/mol. The molecule has 0 saturated heterocycles. The Kier molecular flexibility index (Phi) is 3.38. The van der Waals surface area contributed by atoms with Crippen molar-refractivity contribution in [3.63, 3.8) is 0 Å². The number of hydrogen-bond acceptors (Lipinski definition) is 4. The standard InChI is InChI=1S/C14H14FN3S/c1-16-14-11-7-19-8-12(11)17-13(18-14)6-9-3-2-4-10(15)5-9/h2-5H,6-8H2,1H3,(H,16,17,18). The first kappa shape index (κ1) is 12.4. The fraction of sp³-hybridized carbons (Fsp3) is 0.286. The molecule has 0 atom stereocenters. The summed E-state index contributed by atoms with van der Waals surface area (Å²) in [4.78, 5) is 9.12. The zero-order valence-electron chi connectivity index (χ0n) is 10.6. The minimum absolute atomic E-state index is 0.219. The maximum absolute atomic E-state index is 13.2. The van der Waals surface area contributed by atoms with Gasteiger partial charge >= 0.3 is 0 Å². The lowest BCUT2D eigenvalue weighted by Crippen LogP contribution is -2.06. The molecule has 1 aromatic carbocycles. The molecular formula is C14H14FN3S. The molecule has 0 saturated carbocycles. The molecule has 3 rings (SSSR count). The average Bonchev–Trinajstić information content (AvgIpc) is 2.86. The number of nitrogens with zero attached hydrogens (tertiary/aromatic N) is 2. The van der Waals surface area contributed by atoms with Gasteiger partial charge in [-0.05, 0) is 17.7 Å². The Hall–Kier alpha value is -1.62. The van der Waals surface area contributed by atoms with Gasteiger partial charge in [0.2, 0.25) is 0 Å². The second-order valence-corrected chi connectivity index (χ2v) is 5.45. The Bertz CT molecular complexity index is 616. The lowest BCUT2D eigenvalue weighted by atomic mass is 10.1. The third-order valence-corrected chi connectivity index (χ3v) is 4.08. The first-order valence-electron chi connectivity index (χ1n) is 6.15. The van der Waals surface area contributed by atoms with Gasteiger partial charge in [0.15, 0.2) is 0 Å². The van der Waals surface area contributed by atoms with Crippen LogP contribution in [0.15, 0.2) is 24.3 Å². The third kappa shape index (κ3) is 2.56. The summed E-state index contributed by atoms with van der Waals surface area (Å²) in [7, 11) is 1.87. The molecule has 0 bridgehead atoms. The van der Waals surface area contributed by atoms with Crippen molar-refractivity contribution in [2.45, 2.75) is 17.9 Å². The quantitative estimate of drug-likeness (QED) is 0.934. The fourth-order valence-electron chi connectivity index (χ4n) is 2.22. The highest BCUT2D eigenvalue weighted by atomic mass is 32.2. The van der Waals surface area contributed by atoms with Crippen LogP contribution in [-0.2, 0) is 17.9 Å². The van der Waals surface area contributed by atoms with E-state index in [2.05, 4.69) is 15.3 Å². The van der Waals surface area contributed by atoms with Crippen LogP contribution in [0.1, 0.15) is 22.6 Å². The first-order valence-corrected chi connectivity index (χ1v) is 7.30. The van der Waals surface area contributed by atoms with Crippen molar-refractivity contribution in [3.8, 4) is 0 Å². The van der Waals surface area contributed by atoms with Gasteiger partial charge in [0.05, 0.1) is 5.69 Å². The predicted octanol–water partition coefficient (Wildman–Crippen LogP) is 3.00. The second kappa shape index (κ2) is 5.17. The van der Waals surface area contributed by atoms with E-state index in [-0.39, 0.29) is 5.82 Å². The van der Waals surface area contributed by atoms with Crippen molar-refractivity contribution in [3.05, 3.63) is 52.7 Å². The average molecular weight is 275 g/mol. The van der Waals surface area contributed by atoms with Gasteiger partial charge in [0.1, 0.15) is 17.5 Å². The van der Waals surface area contributed by atoms with Crippen LogP contribution in [0.5, 0.6) is 0 Å². The van der Waals surface area contributed by atoms with Gasteiger partial charge in [0.25, 0.3) is 0 Å². The van der Waals surface area contributed by atoms with Crippen molar-refractivity contribution < 1.29 is 4.39 Å². The smallest absolute Gasteiger partial charge is 0.135 e. The Morgan fingerprint density at radius 3 is 3.00 bits per heavy atom. The van der Waals surface area contributed by atoms with E-state index in [1.54, 1.807) is 6.07 Å². The van der Waals surface area contributed by atoms with E-state index in [1.165, 1.54) is 17.7 Å². The van der Waals surface area contributed by atoms with Gasteiger partial charge in [-0.1, -0.05) is 12.1 Å². The van der Waals surface area contributed by atoms with E-state index in [0.717, 1.165) is 34.4 Å². The zero-order chi connectivity index (χ0) is 13.2. The lowest BCUT2D eigenvalue weighted by Gasteiger charge is -2.09. The Labute approximate surface area is 115 Å². The van der Waals surface area contributed by atoms with Crippen LogP contribution in [0.25, 0.3) is 0 Å². The van der Waals surface area contributed by atoms with Crippen LogP contribution in [0.4, 0.5) is 10.2 Å². The summed E-state index contributed by atoms with van der Waals surface area (Å²) < 4.78 is 13.2. The van der Waals surface area contributed by atoms with E-state index in [1.807, 2.05) is 24.9 Å². The van der Waals surface area contributed by atoms with E-state index >= 15 is 0 Å². The van der Waals surface area contributed by atoms with Crippen LogP contribution < -0.4 is 5.32 Å². The summed E-state index contributed by atoms with van der Waals surface area (Å²) in [5.74, 6) is 3.33. The molecule has 0 fully saturated rings. The molecule has 3 nitrogen and oxygen atoms in total. The number of nitrogens with one attached hydrogen (secondary N) is 1. The second-order valence-electron chi connectivity index (χ2n) is 4.46. The third-order valence-electron chi connectivity index (χ3n) is 3.11. The van der Waals surface area contributed by atoms with Gasteiger partial charge in [-0.2, -0.15) is 11.8 Å². The van der Waals surface area contributed by atoms with Crippen molar-refractivity contribution in [2.75, 3.05) is 12.4 Å². The first-order chi connectivity index (χ1) is 9.26. The number of halogens is 1. The fourth-order valence-corrected chi connectivity index (χ4v) is 3.26. The number of anilines is 1. The molecule has 0 spiro atoms. The van der Waals surface area contributed by atoms with Crippen molar-refractivity contribution >= 4 is 17.6 Å². The number of thioether (sulfide) groups is 1. The molecule has 1 aliphatic rings. The van der Waals surface area contributed by atoms with Gasteiger partial charge in [-0.15, -0.1) is 0 Å². The highest BCUT2D eigenvalue weighted by Gasteiger charge is 2.19. The molecule has 0 radical (unpaired) electrons. The number of fused-ring (bicyclic) bond motifs is 1. The maximum atomic E-state index is 13.2. The summed E-state index contributed by atoms with van der Waals surface area (Å²) in [5.41, 5.74) is 3.21. The molecular weight excluding hydrogens is 261 g/mol. The van der Waals surface area contributed by atoms with Crippen LogP contribution in [-0.4, -0.2) is 17.0 Å². The number of benzene rings is 1. The molecule has 19 heavy (non-hydrogen) atoms. The summed E-state index contributed by atoms with van der Waals surface area (Å²) >= 11 is 1.85.